The number of hydrogen-bond acceptors (Lipinski definition) is 4. The van der Waals surface area contributed by atoms with Gasteiger partial charge < -0.3 is 14.8 Å². The first kappa shape index (κ1) is 19.4. The fraction of sp³-hybridized carbons (Fsp3) is 0.435. The highest BCUT2D eigenvalue weighted by Gasteiger charge is 2.26. The number of pyridine rings is 1. The Balaban J connectivity index is 1.36. The average Bonchev–Trinajstić information content (AvgIpc) is 3.15. The Morgan fingerprint density at radius 1 is 1.21 bits per heavy atom. The maximum absolute atomic E-state index is 12.8. The highest BCUT2D eigenvalue weighted by atomic mass is 16.1. The topological polar surface area (TPSA) is 63.1 Å². The molecule has 6 nitrogen and oxygen atoms in total. The Labute approximate surface area is 172 Å². The van der Waals surface area contributed by atoms with E-state index in [-0.39, 0.29) is 11.8 Å². The van der Waals surface area contributed by atoms with Crippen molar-refractivity contribution in [3.63, 3.8) is 0 Å². The van der Waals surface area contributed by atoms with E-state index >= 15 is 0 Å². The molecule has 1 unspecified atom stereocenters. The second-order valence-electron chi connectivity index (χ2n) is 7.95. The maximum atomic E-state index is 12.8. The summed E-state index contributed by atoms with van der Waals surface area (Å²) in [6.45, 7) is 7.43. The van der Waals surface area contributed by atoms with Crippen LogP contribution in [-0.4, -0.2) is 40.1 Å². The molecule has 2 aromatic heterocycles. The van der Waals surface area contributed by atoms with Gasteiger partial charge in [-0.1, -0.05) is 11.6 Å². The predicted octanol–water partition coefficient (Wildman–Crippen LogP) is 3.47. The van der Waals surface area contributed by atoms with Crippen molar-refractivity contribution in [1.29, 1.82) is 0 Å². The Kier molecular flexibility index (Phi) is 5.79. The van der Waals surface area contributed by atoms with Crippen molar-refractivity contribution in [2.45, 2.75) is 39.7 Å². The second kappa shape index (κ2) is 8.64. The van der Waals surface area contributed by atoms with E-state index in [4.69, 9.17) is 0 Å². The molecule has 3 heterocycles. The maximum Gasteiger partial charge on any atom is 0.224 e. The summed E-state index contributed by atoms with van der Waals surface area (Å²) in [4.78, 5) is 23.8. The number of amides is 1. The molecular weight excluding hydrogens is 362 g/mol. The quantitative estimate of drug-likeness (QED) is 0.654. The number of anilines is 1. The molecule has 0 saturated carbocycles. The van der Waals surface area contributed by atoms with Gasteiger partial charge in [0, 0.05) is 55.8 Å². The number of rotatable bonds is 6. The third kappa shape index (κ3) is 4.42. The van der Waals surface area contributed by atoms with E-state index in [1.165, 1.54) is 16.6 Å². The van der Waals surface area contributed by atoms with Crippen LogP contribution in [0.2, 0.25) is 0 Å². The fourth-order valence-electron chi connectivity index (χ4n) is 4.18. The predicted molar refractivity (Wildman–Crippen MR) is 116 cm³/mol. The highest BCUT2D eigenvalue weighted by Crippen LogP contribution is 2.30. The molecule has 1 N–H and O–H groups in total. The Morgan fingerprint density at radius 2 is 2.10 bits per heavy atom. The summed E-state index contributed by atoms with van der Waals surface area (Å²) < 4.78 is 2.12. The minimum atomic E-state index is 0.0340. The molecule has 1 fully saturated rings. The number of benzene rings is 1. The number of aromatic nitrogens is 3. The molecule has 4 rings (SSSR count). The second-order valence-corrected chi connectivity index (χ2v) is 7.95. The lowest BCUT2D eigenvalue weighted by atomic mass is 9.96. The molecule has 1 saturated heterocycles. The summed E-state index contributed by atoms with van der Waals surface area (Å²) in [5.74, 6) is 1.22. The monoisotopic (exact) mass is 391 g/mol. The van der Waals surface area contributed by atoms with Gasteiger partial charge in [-0.3, -0.25) is 9.78 Å². The Hall–Kier alpha value is -2.89. The van der Waals surface area contributed by atoms with E-state index in [1.54, 1.807) is 0 Å². The summed E-state index contributed by atoms with van der Waals surface area (Å²) in [6, 6.07) is 8.44. The van der Waals surface area contributed by atoms with Gasteiger partial charge in [0.1, 0.15) is 5.82 Å². The van der Waals surface area contributed by atoms with Gasteiger partial charge in [0.2, 0.25) is 5.91 Å². The van der Waals surface area contributed by atoms with Crippen LogP contribution in [0.5, 0.6) is 0 Å². The molecule has 29 heavy (non-hydrogen) atoms. The van der Waals surface area contributed by atoms with Crippen LogP contribution in [0.1, 0.15) is 30.7 Å². The first-order valence-electron chi connectivity index (χ1n) is 10.5. The number of hydrogen-bond donors (Lipinski definition) is 1. The van der Waals surface area contributed by atoms with Crippen LogP contribution in [0.25, 0.3) is 10.9 Å². The molecule has 3 aromatic rings. The van der Waals surface area contributed by atoms with Gasteiger partial charge in [0.15, 0.2) is 0 Å². The smallest absolute Gasteiger partial charge is 0.224 e. The summed E-state index contributed by atoms with van der Waals surface area (Å²) in [7, 11) is 0. The fourth-order valence-corrected chi connectivity index (χ4v) is 4.18. The van der Waals surface area contributed by atoms with Crippen LogP contribution in [0.15, 0.2) is 42.9 Å². The molecule has 0 radical (unpaired) electrons. The molecule has 0 aliphatic carbocycles. The minimum absolute atomic E-state index is 0.0340. The normalized spacial score (nSPS) is 16.9. The van der Waals surface area contributed by atoms with E-state index in [2.05, 4.69) is 55.9 Å². The number of nitrogens with one attached hydrogen (secondary N) is 1. The van der Waals surface area contributed by atoms with E-state index < -0.39 is 0 Å². The number of carbonyl (C=O) groups is 1. The van der Waals surface area contributed by atoms with Gasteiger partial charge in [-0.05, 0) is 51.3 Å². The lowest BCUT2D eigenvalue weighted by molar-refractivity contribution is -0.125. The van der Waals surface area contributed by atoms with Crippen molar-refractivity contribution in [3.8, 4) is 0 Å². The van der Waals surface area contributed by atoms with Crippen molar-refractivity contribution in [2.24, 2.45) is 5.92 Å². The lowest BCUT2D eigenvalue weighted by Crippen LogP contribution is -2.43. The molecule has 6 heteroatoms. The first-order valence-corrected chi connectivity index (χ1v) is 10.5. The zero-order valence-corrected chi connectivity index (χ0v) is 17.3. The summed E-state index contributed by atoms with van der Waals surface area (Å²) in [5, 5.41) is 4.31. The number of carbonyl (C=O) groups excluding carboxylic acids is 1. The van der Waals surface area contributed by atoms with Gasteiger partial charge in [-0.15, -0.1) is 0 Å². The third-order valence-corrected chi connectivity index (χ3v) is 5.81. The number of piperidine rings is 1. The lowest BCUT2D eigenvalue weighted by Gasteiger charge is -2.34. The Bertz CT molecular complexity index is 996. The Morgan fingerprint density at radius 3 is 2.93 bits per heavy atom. The van der Waals surface area contributed by atoms with Gasteiger partial charge in [0.25, 0.3) is 0 Å². The number of aryl methyl sites for hydroxylation is 3. The van der Waals surface area contributed by atoms with Crippen molar-refractivity contribution >= 4 is 22.5 Å². The van der Waals surface area contributed by atoms with Gasteiger partial charge in [-0.2, -0.15) is 0 Å². The molecule has 152 valence electrons. The summed E-state index contributed by atoms with van der Waals surface area (Å²) in [5.41, 5.74) is 3.42. The van der Waals surface area contributed by atoms with Crippen molar-refractivity contribution in [3.05, 3.63) is 54.2 Å². The highest BCUT2D eigenvalue weighted by molar-refractivity contribution is 5.92. The molecule has 1 aromatic carbocycles. The van der Waals surface area contributed by atoms with Crippen molar-refractivity contribution in [2.75, 3.05) is 24.5 Å². The largest absolute Gasteiger partial charge is 0.370 e. The van der Waals surface area contributed by atoms with Gasteiger partial charge in [-0.25, -0.2) is 4.98 Å². The molecule has 0 spiro atoms. The average molecular weight is 392 g/mol. The molecule has 1 atom stereocenters. The SMILES string of the molecule is Cc1ccc2nccc(N3CCCC(C(=O)NCCCn4ccnc4C)C3)c2c1. The zero-order valence-electron chi connectivity index (χ0n) is 17.3. The molecule has 1 aliphatic heterocycles. The third-order valence-electron chi connectivity index (χ3n) is 5.81. The zero-order chi connectivity index (χ0) is 20.2. The molecule has 1 aliphatic rings. The van der Waals surface area contributed by atoms with Crippen LogP contribution in [0, 0.1) is 19.8 Å². The molecular formula is C23H29N5O. The van der Waals surface area contributed by atoms with Crippen LogP contribution in [0.4, 0.5) is 5.69 Å². The van der Waals surface area contributed by atoms with E-state index in [9.17, 15) is 4.79 Å². The molecule has 0 bridgehead atoms. The van der Waals surface area contributed by atoms with Crippen molar-refractivity contribution < 1.29 is 4.79 Å². The summed E-state index contributed by atoms with van der Waals surface area (Å²) >= 11 is 0. The van der Waals surface area contributed by atoms with Crippen LogP contribution < -0.4 is 10.2 Å². The van der Waals surface area contributed by atoms with E-state index in [0.29, 0.717) is 6.54 Å². The standard InChI is InChI=1S/C23H29N5O/c1-17-6-7-21-20(15-17)22(8-10-25-21)28-12-3-5-19(16-28)23(29)26-9-4-13-27-14-11-24-18(27)2/h6-8,10-11,14-15,19H,3-5,9,12-13,16H2,1-2H3,(H,26,29). The number of fused-ring (bicyclic) bond motifs is 1. The summed E-state index contributed by atoms with van der Waals surface area (Å²) in [6.07, 6.45) is 8.56. The first-order chi connectivity index (χ1) is 14.1. The van der Waals surface area contributed by atoms with E-state index in [1.807, 2.05) is 25.5 Å². The number of imidazole rings is 1. The van der Waals surface area contributed by atoms with Crippen molar-refractivity contribution in [1.82, 2.24) is 19.9 Å². The van der Waals surface area contributed by atoms with Crippen LogP contribution in [-0.2, 0) is 11.3 Å². The van der Waals surface area contributed by atoms with Gasteiger partial charge >= 0.3 is 0 Å². The van der Waals surface area contributed by atoms with Crippen LogP contribution >= 0.6 is 0 Å². The van der Waals surface area contributed by atoms with Crippen LogP contribution in [0.3, 0.4) is 0 Å². The number of nitrogens with zero attached hydrogens (tertiary/aromatic N) is 4. The molecule has 1 amide bonds. The van der Waals surface area contributed by atoms with Gasteiger partial charge in [0.05, 0.1) is 11.4 Å². The van der Waals surface area contributed by atoms with E-state index in [0.717, 1.165) is 50.2 Å². The minimum Gasteiger partial charge on any atom is -0.370 e.